The zero-order valence-electron chi connectivity index (χ0n) is 16.8. The number of nitriles is 1. The van der Waals surface area contributed by atoms with E-state index in [0.717, 1.165) is 0 Å². The van der Waals surface area contributed by atoms with Crippen LogP contribution < -0.4 is 4.74 Å². The second kappa shape index (κ2) is 9.47. The number of alkyl halides is 1. The highest BCUT2D eigenvalue weighted by atomic mass is 35.5. The number of benzene rings is 3. The Hall–Kier alpha value is -3.29. The summed E-state index contributed by atoms with van der Waals surface area (Å²) < 4.78 is 11.4. The van der Waals surface area contributed by atoms with Crippen molar-refractivity contribution in [2.75, 3.05) is 0 Å². The summed E-state index contributed by atoms with van der Waals surface area (Å²) in [5.74, 6) is 0.301. The third kappa shape index (κ3) is 4.64. The Kier molecular flexibility index (Phi) is 6.76. The molecule has 0 fully saturated rings. The molecular weight excluding hydrogens is 398 g/mol. The van der Waals surface area contributed by atoms with E-state index in [1.807, 2.05) is 68.4 Å². The summed E-state index contributed by atoms with van der Waals surface area (Å²) in [7, 11) is 0. The lowest BCUT2D eigenvalue weighted by Gasteiger charge is -2.30. The molecule has 0 aromatic heterocycles. The number of nitrogens with zero attached hydrogens (tertiary/aromatic N) is 1. The van der Waals surface area contributed by atoms with Crippen LogP contribution in [0.4, 0.5) is 0 Å². The second-order valence-corrected chi connectivity index (χ2v) is 7.73. The Morgan fingerprint density at radius 3 is 2.13 bits per heavy atom. The van der Waals surface area contributed by atoms with Crippen LogP contribution in [-0.4, -0.2) is 5.97 Å². The summed E-state index contributed by atoms with van der Waals surface area (Å²) in [6, 6.07) is 27.3. The molecule has 2 atom stereocenters. The predicted molar refractivity (Wildman–Crippen MR) is 116 cm³/mol. The van der Waals surface area contributed by atoms with E-state index >= 15 is 0 Å². The molecular formula is C25H22ClNO3. The van der Waals surface area contributed by atoms with Crippen molar-refractivity contribution in [1.82, 2.24) is 0 Å². The van der Waals surface area contributed by atoms with Crippen molar-refractivity contribution in [2.24, 2.45) is 5.92 Å². The van der Waals surface area contributed by atoms with Gasteiger partial charge in [-0.1, -0.05) is 74.5 Å². The van der Waals surface area contributed by atoms with Crippen LogP contribution in [0.25, 0.3) is 0 Å². The van der Waals surface area contributed by atoms with Gasteiger partial charge in [-0.15, -0.1) is 11.6 Å². The van der Waals surface area contributed by atoms with Gasteiger partial charge in [0.15, 0.2) is 4.87 Å². The Labute approximate surface area is 181 Å². The van der Waals surface area contributed by atoms with Crippen LogP contribution in [0.3, 0.4) is 0 Å². The third-order valence-corrected chi connectivity index (χ3v) is 5.58. The number of hydrogen-bond donors (Lipinski definition) is 0. The van der Waals surface area contributed by atoms with Crippen LogP contribution in [0.2, 0.25) is 0 Å². The summed E-state index contributed by atoms with van der Waals surface area (Å²) >= 11 is 6.77. The van der Waals surface area contributed by atoms with E-state index in [0.29, 0.717) is 22.6 Å². The Balaban J connectivity index is 1.83. The summed E-state index contributed by atoms with van der Waals surface area (Å²) in [4.78, 5) is 11.7. The number of para-hydroxylation sites is 1. The summed E-state index contributed by atoms with van der Waals surface area (Å²) in [6.07, 6.45) is -1.11. The zero-order chi connectivity index (χ0) is 21.6. The van der Waals surface area contributed by atoms with E-state index in [4.69, 9.17) is 21.1 Å². The summed E-state index contributed by atoms with van der Waals surface area (Å²) in [6.45, 7) is 3.69. The number of halogens is 1. The molecule has 152 valence electrons. The van der Waals surface area contributed by atoms with Gasteiger partial charge in [0.05, 0.1) is 0 Å². The van der Waals surface area contributed by atoms with Gasteiger partial charge in [0.1, 0.15) is 17.6 Å². The average molecular weight is 420 g/mol. The van der Waals surface area contributed by atoms with Gasteiger partial charge in [0.25, 0.3) is 0 Å². The quantitative estimate of drug-likeness (QED) is 0.329. The van der Waals surface area contributed by atoms with E-state index in [1.165, 1.54) is 0 Å². The highest BCUT2D eigenvalue weighted by molar-refractivity contribution is 6.34. The van der Waals surface area contributed by atoms with Gasteiger partial charge in [0, 0.05) is 5.56 Å². The normalized spacial score (nSPS) is 13.7. The first-order valence-corrected chi connectivity index (χ1v) is 10.0. The van der Waals surface area contributed by atoms with Crippen molar-refractivity contribution in [3.8, 4) is 17.6 Å². The lowest BCUT2D eigenvalue weighted by molar-refractivity contribution is -0.152. The number of carbonyl (C=O) groups is 1. The van der Waals surface area contributed by atoms with Crippen molar-refractivity contribution >= 4 is 17.6 Å². The molecule has 0 amide bonds. The molecule has 0 radical (unpaired) electrons. The largest absolute Gasteiger partial charge is 0.457 e. The van der Waals surface area contributed by atoms with E-state index in [9.17, 15) is 10.1 Å². The SMILES string of the molecule is CC(C)C(Cl)(C(=O)OC(C#N)c1cccc(Oc2ccccc2)c1)c1ccccc1. The molecule has 0 aliphatic carbocycles. The van der Waals surface area contributed by atoms with Gasteiger partial charge < -0.3 is 9.47 Å². The topological polar surface area (TPSA) is 59.3 Å². The Morgan fingerprint density at radius 2 is 1.53 bits per heavy atom. The molecule has 0 heterocycles. The van der Waals surface area contributed by atoms with Crippen LogP contribution in [0, 0.1) is 17.2 Å². The molecule has 4 nitrogen and oxygen atoms in total. The molecule has 0 bridgehead atoms. The Morgan fingerprint density at radius 1 is 0.933 bits per heavy atom. The maximum atomic E-state index is 13.1. The average Bonchev–Trinajstić information content (AvgIpc) is 2.78. The number of carbonyl (C=O) groups excluding carboxylic acids is 1. The number of ether oxygens (including phenoxy) is 2. The molecule has 0 saturated carbocycles. The Bertz CT molecular complexity index is 1030. The van der Waals surface area contributed by atoms with E-state index in [1.54, 1.807) is 36.4 Å². The molecule has 3 rings (SSSR count). The number of esters is 1. The zero-order valence-corrected chi connectivity index (χ0v) is 17.5. The van der Waals surface area contributed by atoms with Crippen molar-refractivity contribution in [3.63, 3.8) is 0 Å². The highest BCUT2D eigenvalue weighted by Crippen LogP contribution is 2.39. The standard InChI is InChI=1S/C25H22ClNO3/c1-18(2)25(26,20-11-5-3-6-12-20)24(28)30-23(17-27)19-10-9-15-22(16-19)29-21-13-7-4-8-14-21/h3-16,18,23H,1-2H3. The first-order chi connectivity index (χ1) is 14.4. The lowest BCUT2D eigenvalue weighted by Crippen LogP contribution is -2.37. The fourth-order valence-electron chi connectivity index (χ4n) is 3.10. The highest BCUT2D eigenvalue weighted by Gasteiger charge is 2.44. The minimum Gasteiger partial charge on any atom is -0.457 e. The monoisotopic (exact) mass is 419 g/mol. The molecule has 0 spiro atoms. The fraction of sp³-hybridized carbons (Fsp3) is 0.200. The van der Waals surface area contributed by atoms with Gasteiger partial charge >= 0.3 is 5.97 Å². The fourth-order valence-corrected chi connectivity index (χ4v) is 3.27. The molecule has 30 heavy (non-hydrogen) atoms. The molecule has 2 unspecified atom stereocenters. The maximum Gasteiger partial charge on any atom is 0.333 e. The van der Waals surface area contributed by atoms with Gasteiger partial charge in [-0.2, -0.15) is 5.26 Å². The first-order valence-electron chi connectivity index (χ1n) is 9.63. The minimum absolute atomic E-state index is 0.249. The van der Waals surface area contributed by atoms with Gasteiger partial charge in [-0.05, 0) is 35.7 Å². The molecule has 0 saturated heterocycles. The molecule has 0 aliphatic rings. The van der Waals surface area contributed by atoms with Crippen LogP contribution in [0.5, 0.6) is 11.5 Å². The van der Waals surface area contributed by atoms with Crippen LogP contribution >= 0.6 is 11.6 Å². The predicted octanol–water partition coefficient (Wildman–Crippen LogP) is 6.38. The summed E-state index contributed by atoms with van der Waals surface area (Å²) in [5.41, 5.74) is 1.14. The van der Waals surface area contributed by atoms with Crippen LogP contribution in [0.1, 0.15) is 31.1 Å². The van der Waals surface area contributed by atoms with Crippen LogP contribution in [-0.2, 0) is 14.4 Å². The smallest absolute Gasteiger partial charge is 0.333 e. The van der Waals surface area contributed by atoms with Gasteiger partial charge in [0.2, 0.25) is 6.10 Å². The van der Waals surface area contributed by atoms with Crippen molar-refractivity contribution < 1.29 is 14.3 Å². The van der Waals surface area contributed by atoms with Crippen molar-refractivity contribution in [1.29, 1.82) is 5.26 Å². The second-order valence-electron chi connectivity index (χ2n) is 7.13. The molecule has 0 aliphatic heterocycles. The third-order valence-electron chi connectivity index (χ3n) is 4.77. The lowest BCUT2D eigenvalue weighted by atomic mass is 9.87. The minimum atomic E-state index is -1.39. The molecule has 5 heteroatoms. The summed E-state index contributed by atoms with van der Waals surface area (Å²) in [5, 5.41) is 9.67. The first kappa shape index (κ1) is 21.4. The molecule has 3 aromatic carbocycles. The molecule has 0 N–H and O–H groups in total. The van der Waals surface area contributed by atoms with E-state index < -0.39 is 16.9 Å². The van der Waals surface area contributed by atoms with Crippen molar-refractivity contribution in [2.45, 2.75) is 24.8 Å². The number of hydrogen-bond acceptors (Lipinski definition) is 4. The van der Waals surface area contributed by atoms with Gasteiger partial charge in [-0.25, -0.2) is 4.79 Å². The van der Waals surface area contributed by atoms with Gasteiger partial charge in [-0.3, -0.25) is 0 Å². The van der Waals surface area contributed by atoms with E-state index in [-0.39, 0.29) is 5.92 Å². The van der Waals surface area contributed by atoms with Crippen LogP contribution in [0.15, 0.2) is 84.9 Å². The number of rotatable bonds is 7. The maximum absolute atomic E-state index is 13.1. The van der Waals surface area contributed by atoms with E-state index in [2.05, 4.69) is 0 Å². The molecule has 3 aromatic rings. The van der Waals surface area contributed by atoms with Crippen molar-refractivity contribution in [3.05, 3.63) is 96.1 Å².